The van der Waals surface area contributed by atoms with Crippen molar-refractivity contribution in [3.05, 3.63) is 32.6 Å². The highest BCUT2D eigenvalue weighted by molar-refractivity contribution is 8.00. The molecule has 0 bridgehead atoms. The Morgan fingerprint density at radius 2 is 2.22 bits per heavy atom. The zero-order chi connectivity index (χ0) is 13.3. The first-order valence-corrected chi connectivity index (χ1v) is 6.82. The Morgan fingerprint density at radius 1 is 1.56 bits per heavy atom. The largest absolute Gasteiger partial charge is 0.477 e. The van der Waals surface area contributed by atoms with Gasteiger partial charge in [0.05, 0.1) is 0 Å². The zero-order valence-electron chi connectivity index (χ0n) is 9.93. The lowest BCUT2D eigenvalue weighted by molar-refractivity contribution is 0.0693. The lowest BCUT2D eigenvalue weighted by Crippen LogP contribution is -2.43. The van der Waals surface area contributed by atoms with E-state index in [1.165, 1.54) is 4.57 Å². The Bertz CT molecular complexity index is 580. The SMILES string of the molecule is CSC1(Cn2cc(C(=O)O)c(=O)[nH]c2=O)CCC1. The molecule has 98 valence electrons. The Morgan fingerprint density at radius 3 is 2.67 bits per heavy atom. The molecular weight excluding hydrogens is 256 g/mol. The van der Waals surface area contributed by atoms with E-state index in [0.717, 1.165) is 25.5 Å². The average molecular weight is 270 g/mol. The summed E-state index contributed by atoms with van der Waals surface area (Å²) in [6.45, 7) is 0.435. The number of carboxylic acids is 1. The van der Waals surface area contributed by atoms with Gasteiger partial charge in [-0.2, -0.15) is 11.8 Å². The molecule has 0 atom stereocenters. The van der Waals surface area contributed by atoms with Gasteiger partial charge < -0.3 is 5.11 Å². The Labute approximate surface area is 107 Å². The number of hydrogen-bond acceptors (Lipinski definition) is 4. The Balaban J connectivity index is 2.39. The number of carbonyl (C=O) groups is 1. The summed E-state index contributed by atoms with van der Waals surface area (Å²) in [5, 5.41) is 8.87. The molecule has 1 aliphatic carbocycles. The van der Waals surface area contributed by atoms with E-state index in [4.69, 9.17) is 5.11 Å². The minimum atomic E-state index is -1.32. The summed E-state index contributed by atoms with van der Waals surface area (Å²) < 4.78 is 1.29. The Kier molecular flexibility index (Phi) is 3.34. The second kappa shape index (κ2) is 4.64. The summed E-state index contributed by atoms with van der Waals surface area (Å²) in [5.41, 5.74) is -1.80. The standard InChI is InChI=1S/C11H14N2O4S/c1-18-11(3-2-4-11)6-13-5-7(9(15)16)8(14)12-10(13)17/h5H,2-4,6H2,1H3,(H,15,16)(H,12,14,17). The van der Waals surface area contributed by atoms with Crippen LogP contribution in [-0.2, 0) is 6.54 Å². The fraction of sp³-hybridized carbons (Fsp3) is 0.545. The minimum absolute atomic E-state index is 0.00214. The number of carboxylic acid groups (broad SMARTS) is 1. The van der Waals surface area contributed by atoms with Crippen molar-refractivity contribution in [2.24, 2.45) is 0 Å². The van der Waals surface area contributed by atoms with Crippen LogP contribution in [0.4, 0.5) is 0 Å². The van der Waals surface area contributed by atoms with Crippen LogP contribution in [0.25, 0.3) is 0 Å². The molecule has 18 heavy (non-hydrogen) atoms. The first-order valence-electron chi connectivity index (χ1n) is 5.60. The first kappa shape index (κ1) is 12.9. The van der Waals surface area contributed by atoms with Crippen LogP contribution in [0.2, 0.25) is 0 Å². The van der Waals surface area contributed by atoms with Gasteiger partial charge in [-0.15, -0.1) is 0 Å². The van der Waals surface area contributed by atoms with Gasteiger partial charge in [0.1, 0.15) is 5.56 Å². The highest BCUT2D eigenvalue weighted by Crippen LogP contribution is 2.43. The molecule has 0 aromatic carbocycles. The van der Waals surface area contributed by atoms with E-state index in [1.54, 1.807) is 11.8 Å². The third-order valence-corrected chi connectivity index (χ3v) is 4.80. The van der Waals surface area contributed by atoms with Gasteiger partial charge in [-0.3, -0.25) is 14.3 Å². The third-order valence-electron chi connectivity index (χ3n) is 3.40. The summed E-state index contributed by atoms with van der Waals surface area (Å²) in [6.07, 6.45) is 6.24. The highest BCUT2D eigenvalue weighted by atomic mass is 32.2. The van der Waals surface area contributed by atoms with Crippen LogP contribution in [0.1, 0.15) is 29.6 Å². The molecule has 7 heteroatoms. The number of aromatic carboxylic acids is 1. The second-order valence-corrected chi connectivity index (χ2v) is 5.75. The van der Waals surface area contributed by atoms with Crippen LogP contribution in [0, 0.1) is 0 Å². The molecule has 1 aromatic heterocycles. The predicted molar refractivity (Wildman–Crippen MR) is 68.4 cm³/mol. The molecule has 6 nitrogen and oxygen atoms in total. The normalized spacial score (nSPS) is 17.2. The Hall–Kier alpha value is -1.50. The summed E-state index contributed by atoms with van der Waals surface area (Å²) in [6, 6.07) is 0. The lowest BCUT2D eigenvalue weighted by Gasteiger charge is -2.40. The molecule has 0 radical (unpaired) electrons. The van der Waals surface area contributed by atoms with E-state index >= 15 is 0 Å². The van der Waals surface area contributed by atoms with Crippen molar-refractivity contribution in [1.82, 2.24) is 9.55 Å². The molecular formula is C11H14N2O4S. The summed E-state index contributed by atoms with van der Waals surface area (Å²) in [4.78, 5) is 35.9. The molecule has 1 saturated carbocycles. The lowest BCUT2D eigenvalue weighted by atomic mass is 9.84. The number of aromatic amines is 1. The van der Waals surface area contributed by atoms with Gasteiger partial charge in [-0.05, 0) is 19.1 Å². The van der Waals surface area contributed by atoms with E-state index in [9.17, 15) is 14.4 Å². The van der Waals surface area contributed by atoms with Crippen molar-refractivity contribution >= 4 is 17.7 Å². The van der Waals surface area contributed by atoms with Crippen LogP contribution in [0.15, 0.2) is 15.8 Å². The summed E-state index contributed by atoms with van der Waals surface area (Å²) in [7, 11) is 0. The zero-order valence-corrected chi connectivity index (χ0v) is 10.7. The number of rotatable bonds is 4. The minimum Gasteiger partial charge on any atom is -0.477 e. The maximum atomic E-state index is 11.7. The fourth-order valence-corrected chi connectivity index (χ4v) is 3.05. The maximum Gasteiger partial charge on any atom is 0.342 e. The number of thioether (sulfide) groups is 1. The number of nitrogens with one attached hydrogen (secondary N) is 1. The topological polar surface area (TPSA) is 92.2 Å². The van der Waals surface area contributed by atoms with Crippen molar-refractivity contribution in [2.45, 2.75) is 30.6 Å². The van der Waals surface area contributed by atoms with Gasteiger partial charge in [-0.1, -0.05) is 6.42 Å². The molecule has 2 rings (SSSR count). The van der Waals surface area contributed by atoms with E-state index in [1.807, 2.05) is 11.2 Å². The molecule has 1 heterocycles. The number of H-pyrrole nitrogens is 1. The highest BCUT2D eigenvalue weighted by Gasteiger charge is 2.36. The van der Waals surface area contributed by atoms with Crippen molar-refractivity contribution in [3.8, 4) is 0 Å². The van der Waals surface area contributed by atoms with E-state index in [2.05, 4.69) is 0 Å². The molecule has 0 saturated heterocycles. The smallest absolute Gasteiger partial charge is 0.342 e. The molecule has 0 amide bonds. The third kappa shape index (κ3) is 2.22. The fourth-order valence-electron chi connectivity index (χ4n) is 2.09. The van der Waals surface area contributed by atoms with Crippen LogP contribution in [-0.4, -0.2) is 31.6 Å². The quantitative estimate of drug-likeness (QED) is 0.832. The van der Waals surface area contributed by atoms with Crippen LogP contribution < -0.4 is 11.2 Å². The molecule has 0 spiro atoms. The van der Waals surface area contributed by atoms with E-state index in [0.29, 0.717) is 6.54 Å². The van der Waals surface area contributed by atoms with Gasteiger partial charge in [-0.25, -0.2) is 9.59 Å². The first-order chi connectivity index (χ1) is 8.47. The molecule has 0 aliphatic heterocycles. The number of hydrogen-bond donors (Lipinski definition) is 2. The van der Waals surface area contributed by atoms with Gasteiger partial charge in [0.2, 0.25) is 0 Å². The summed E-state index contributed by atoms with van der Waals surface area (Å²) >= 11 is 1.68. The molecule has 1 aromatic rings. The van der Waals surface area contributed by atoms with Gasteiger partial charge >= 0.3 is 11.7 Å². The summed E-state index contributed by atoms with van der Waals surface area (Å²) in [5.74, 6) is -1.32. The molecule has 2 N–H and O–H groups in total. The monoisotopic (exact) mass is 270 g/mol. The van der Waals surface area contributed by atoms with E-state index in [-0.39, 0.29) is 4.75 Å². The van der Waals surface area contributed by atoms with E-state index < -0.39 is 22.8 Å². The van der Waals surface area contributed by atoms with Crippen molar-refractivity contribution in [1.29, 1.82) is 0 Å². The number of aromatic nitrogens is 2. The number of nitrogens with zero attached hydrogens (tertiary/aromatic N) is 1. The molecule has 1 fully saturated rings. The average Bonchev–Trinajstić information content (AvgIpc) is 2.25. The van der Waals surface area contributed by atoms with Crippen LogP contribution in [0.3, 0.4) is 0 Å². The molecule has 0 unspecified atom stereocenters. The van der Waals surface area contributed by atoms with Gasteiger partial charge in [0.25, 0.3) is 5.56 Å². The predicted octanol–water partition coefficient (Wildman–Crippen LogP) is 0.520. The van der Waals surface area contributed by atoms with Crippen molar-refractivity contribution < 1.29 is 9.90 Å². The van der Waals surface area contributed by atoms with Gasteiger partial charge in [0.15, 0.2) is 0 Å². The van der Waals surface area contributed by atoms with Gasteiger partial charge in [0, 0.05) is 17.5 Å². The molecule has 1 aliphatic rings. The maximum absolute atomic E-state index is 11.7. The van der Waals surface area contributed by atoms with Crippen molar-refractivity contribution in [3.63, 3.8) is 0 Å². The second-order valence-electron chi connectivity index (χ2n) is 4.48. The van der Waals surface area contributed by atoms with Crippen LogP contribution in [0.5, 0.6) is 0 Å². The van der Waals surface area contributed by atoms with Crippen LogP contribution >= 0.6 is 11.8 Å². The van der Waals surface area contributed by atoms with Crippen molar-refractivity contribution in [2.75, 3.05) is 6.26 Å².